The second-order valence-electron chi connectivity index (χ2n) is 15.1. The van der Waals surface area contributed by atoms with Crippen LogP contribution in [0.2, 0.25) is 0 Å². The Morgan fingerprint density at radius 3 is 1.24 bits per heavy atom. The zero-order chi connectivity index (χ0) is 42.1. The normalized spacial score (nSPS) is 11.2. The maximum atomic E-state index is 9.51. The van der Waals surface area contributed by atoms with Gasteiger partial charge in [-0.1, -0.05) is 164 Å². The van der Waals surface area contributed by atoms with Crippen molar-refractivity contribution in [2.45, 2.75) is 0 Å². The van der Waals surface area contributed by atoms with E-state index in [1.54, 1.807) is 0 Å². The first-order valence-corrected chi connectivity index (χ1v) is 20.6. The molecule has 294 valence electrons. The molecule has 3 heterocycles. The van der Waals surface area contributed by atoms with Crippen LogP contribution in [-0.4, -0.2) is 34.5 Å². The molecule has 0 aliphatic rings. The van der Waals surface area contributed by atoms with Crippen molar-refractivity contribution < 1.29 is 0 Å². The fraction of sp³-hybridized carbons (Fsp3) is 0. The molecule has 0 saturated heterocycles. The third-order valence-electron chi connectivity index (χ3n) is 11.2. The average Bonchev–Trinajstić information content (AvgIpc) is 3.70. The predicted octanol–water partition coefficient (Wildman–Crippen LogP) is 12.7. The lowest BCUT2D eigenvalue weighted by atomic mass is 10.0. The molecule has 11 aromatic rings. The number of nitriles is 1. The first-order chi connectivity index (χ1) is 31.2. The van der Waals surface area contributed by atoms with E-state index in [0.29, 0.717) is 40.5 Å². The van der Waals surface area contributed by atoms with Crippen molar-refractivity contribution >= 4 is 21.8 Å². The summed E-state index contributed by atoms with van der Waals surface area (Å²) in [5.74, 6) is 3.26. The van der Waals surface area contributed by atoms with E-state index in [9.17, 15) is 5.26 Å². The van der Waals surface area contributed by atoms with Gasteiger partial charge in [0.1, 0.15) is 0 Å². The predicted molar refractivity (Wildman–Crippen MR) is 250 cm³/mol. The van der Waals surface area contributed by atoms with Crippen molar-refractivity contribution in [2.24, 2.45) is 0 Å². The van der Waals surface area contributed by atoms with Gasteiger partial charge in [0, 0.05) is 44.2 Å². The standard InChI is InChI=1S/C55H34N8/c56-35-36-25-27-37(28-26-36)42-29-31-45-44-23-13-14-24-47(44)63(49(45)34-42)48-32-30-43(54-59-50(38-15-5-1-6-16-38)57-51(60-54)39-17-7-2-8-18-39)33-46(48)55-61-52(40-19-9-3-10-20-40)58-53(62-55)41-21-11-4-12-22-41/h1-34H. The Morgan fingerprint density at radius 2 is 0.730 bits per heavy atom. The van der Waals surface area contributed by atoms with Gasteiger partial charge in [0.05, 0.1) is 28.4 Å². The molecule has 8 heteroatoms. The Morgan fingerprint density at radius 1 is 0.317 bits per heavy atom. The largest absolute Gasteiger partial charge is 0.308 e. The number of rotatable bonds is 8. The van der Waals surface area contributed by atoms with Gasteiger partial charge in [-0.25, -0.2) is 29.9 Å². The Hall–Kier alpha value is -8.93. The summed E-state index contributed by atoms with van der Waals surface area (Å²) in [6, 6.07) is 71.2. The summed E-state index contributed by atoms with van der Waals surface area (Å²) < 4.78 is 2.29. The molecule has 0 aliphatic heterocycles. The molecule has 11 rings (SSSR count). The van der Waals surface area contributed by atoms with Crippen LogP contribution in [0.25, 0.3) is 107 Å². The van der Waals surface area contributed by atoms with Crippen LogP contribution < -0.4 is 0 Å². The molecule has 0 fully saturated rings. The van der Waals surface area contributed by atoms with Gasteiger partial charge in [0.15, 0.2) is 34.9 Å². The Kier molecular flexibility index (Phi) is 9.37. The molecular weight excluding hydrogens is 773 g/mol. The van der Waals surface area contributed by atoms with Crippen molar-refractivity contribution in [1.82, 2.24) is 34.5 Å². The molecule has 63 heavy (non-hydrogen) atoms. The zero-order valence-corrected chi connectivity index (χ0v) is 33.7. The minimum absolute atomic E-state index is 0.495. The van der Waals surface area contributed by atoms with Crippen LogP contribution in [0.1, 0.15) is 5.56 Å². The van der Waals surface area contributed by atoms with Crippen LogP contribution in [0.5, 0.6) is 0 Å². The highest BCUT2D eigenvalue weighted by molar-refractivity contribution is 6.10. The fourth-order valence-electron chi connectivity index (χ4n) is 8.06. The number of aromatic nitrogens is 7. The summed E-state index contributed by atoms with van der Waals surface area (Å²) in [5, 5.41) is 11.7. The van der Waals surface area contributed by atoms with Gasteiger partial charge in [-0.3, -0.25) is 0 Å². The molecule has 0 N–H and O–H groups in total. The molecule has 0 saturated carbocycles. The molecule has 8 aromatic carbocycles. The summed E-state index contributed by atoms with van der Waals surface area (Å²) in [6.45, 7) is 0. The molecule has 0 atom stereocenters. The molecule has 0 radical (unpaired) electrons. The van der Waals surface area contributed by atoms with Gasteiger partial charge < -0.3 is 4.57 Å². The van der Waals surface area contributed by atoms with Gasteiger partial charge >= 0.3 is 0 Å². The highest BCUT2D eigenvalue weighted by Gasteiger charge is 2.22. The second-order valence-corrected chi connectivity index (χ2v) is 15.1. The van der Waals surface area contributed by atoms with Crippen molar-refractivity contribution in [3.63, 3.8) is 0 Å². The van der Waals surface area contributed by atoms with E-state index in [-0.39, 0.29) is 0 Å². The van der Waals surface area contributed by atoms with E-state index in [4.69, 9.17) is 29.9 Å². The highest BCUT2D eigenvalue weighted by atomic mass is 15.1. The molecule has 0 spiro atoms. The SMILES string of the molecule is N#Cc1ccc(-c2ccc3c4ccccc4n(-c4ccc(-c5nc(-c6ccccc6)nc(-c6ccccc6)n5)cc4-c4nc(-c5ccccc5)nc(-c5ccccc5)n4)c3c2)cc1. The first-order valence-electron chi connectivity index (χ1n) is 20.6. The summed E-state index contributed by atoms with van der Waals surface area (Å²) in [5.41, 5.74) is 10.6. The lowest BCUT2D eigenvalue weighted by Crippen LogP contribution is -2.05. The monoisotopic (exact) mass is 806 g/mol. The summed E-state index contributed by atoms with van der Waals surface area (Å²) in [7, 11) is 0. The van der Waals surface area contributed by atoms with E-state index in [0.717, 1.165) is 72.0 Å². The molecule has 8 nitrogen and oxygen atoms in total. The minimum Gasteiger partial charge on any atom is -0.308 e. The van der Waals surface area contributed by atoms with E-state index >= 15 is 0 Å². The van der Waals surface area contributed by atoms with Gasteiger partial charge in [-0.2, -0.15) is 5.26 Å². The maximum Gasteiger partial charge on any atom is 0.166 e. The molecule has 0 amide bonds. The number of fused-ring (bicyclic) bond motifs is 3. The topological polar surface area (TPSA) is 106 Å². The van der Waals surface area contributed by atoms with Gasteiger partial charge in [0.25, 0.3) is 0 Å². The Bertz CT molecular complexity index is 3380. The number of nitrogens with zero attached hydrogens (tertiary/aromatic N) is 8. The molecule has 0 bridgehead atoms. The summed E-state index contributed by atoms with van der Waals surface area (Å²) in [6.07, 6.45) is 0. The quantitative estimate of drug-likeness (QED) is 0.150. The number of hydrogen-bond acceptors (Lipinski definition) is 7. The van der Waals surface area contributed by atoms with Crippen LogP contribution in [0, 0.1) is 11.3 Å². The van der Waals surface area contributed by atoms with Crippen LogP contribution in [-0.2, 0) is 0 Å². The van der Waals surface area contributed by atoms with Crippen molar-refractivity contribution in [2.75, 3.05) is 0 Å². The van der Waals surface area contributed by atoms with Crippen molar-refractivity contribution in [1.29, 1.82) is 5.26 Å². The molecule has 0 aliphatic carbocycles. The highest BCUT2D eigenvalue weighted by Crippen LogP contribution is 2.40. The minimum atomic E-state index is 0.495. The molecular formula is C55H34N8. The number of para-hydroxylation sites is 1. The number of hydrogen-bond donors (Lipinski definition) is 0. The summed E-state index contributed by atoms with van der Waals surface area (Å²) in [4.78, 5) is 30.7. The van der Waals surface area contributed by atoms with Gasteiger partial charge in [0.2, 0.25) is 0 Å². The lowest BCUT2D eigenvalue weighted by molar-refractivity contribution is 1.06. The van der Waals surface area contributed by atoms with E-state index < -0.39 is 0 Å². The van der Waals surface area contributed by atoms with E-state index in [1.807, 2.05) is 146 Å². The van der Waals surface area contributed by atoms with Crippen LogP contribution in [0.3, 0.4) is 0 Å². The third kappa shape index (κ3) is 7.05. The first kappa shape index (κ1) is 37.1. The Labute approximate surface area is 363 Å². The smallest absolute Gasteiger partial charge is 0.166 e. The fourth-order valence-corrected chi connectivity index (χ4v) is 8.06. The zero-order valence-electron chi connectivity index (χ0n) is 33.7. The average molecular weight is 807 g/mol. The van der Waals surface area contributed by atoms with Crippen LogP contribution in [0.4, 0.5) is 0 Å². The summed E-state index contributed by atoms with van der Waals surface area (Å²) >= 11 is 0. The van der Waals surface area contributed by atoms with Gasteiger partial charge in [-0.15, -0.1) is 0 Å². The third-order valence-corrected chi connectivity index (χ3v) is 11.2. The molecule has 0 unspecified atom stereocenters. The van der Waals surface area contributed by atoms with Gasteiger partial charge in [-0.05, 0) is 53.6 Å². The van der Waals surface area contributed by atoms with Crippen LogP contribution >= 0.6 is 0 Å². The van der Waals surface area contributed by atoms with E-state index in [1.165, 1.54) is 0 Å². The molecule has 3 aromatic heterocycles. The van der Waals surface area contributed by atoms with Crippen molar-refractivity contribution in [3.05, 3.63) is 212 Å². The number of benzene rings is 8. The van der Waals surface area contributed by atoms with Crippen LogP contribution in [0.15, 0.2) is 206 Å². The lowest BCUT2D eigenvalue weighted by Gasteiger charge is -2.16. The maximum absolute atomic E-state index is 9.51. The van der Waals surface area contributed by atoms with E-state index in [2.05, 4.69) is 71.3 Å². The van der Waals surface area contributed by atoms with Crippen molar-refractivity contribution in [3.8, 4) is 91.2 Å². The second kappa shape index (κ2) is 15.9. The Balaban J connectivity index is 1.20.